The molecule has 0 unspecified atom stereocenters. The van der Waals surface area contributed by atoms with Crippen LogP contribution in [-0.4, -0.2) is 22.2 Å². The van der Waals surface area contributed by atoms with Crippen LogP contribution >= 0.6 is 0 Å². The van der Waals surface area contributed by atoms with Crippen LogP contribution in [0.5, 0.6) is 0 Å². The SMILES string of the molecule is O=C(O)C1(C(=O)O)CCC=CCCC1. The highest BCUT2D eigenvalue weighted by molar-refractivity contribution is 5.98. The first kappa shape index (κ1) is 10.8. The van der Waals surface area contributed by atoms with E-state index in [9.17, 15) is 9.59 Å². The molecule has 0 aromatic carbocycles. The summed E-state index contributed by atoms with van der Waals surface area (Å²) in [5.74, 6) is -2.42. The first-order chi connectivity index (χ1) is 6.59. The molecule has 0 saturated carbocycles. The van der Waals surface area contributed by atoms with E-state index in [4.69, 9.17) is 10.2 Å². The number of allylic oxidation sites excluding steroid dienone is 2. The van der Waals surface area contributed by atoms with E-state index < -0.39 is 17.4 Å². The van der Waals surface area contributed by atoms with E-state index in [0.717, 1.165) is 6.42 Å². The zero-order valence-electron chi connectivity index (χ0n) is 7.90. The summed E-state index contributed by atoms with van der Waals surface area (Å²) in [7, 11) is 0. The van der Waals surface area contributed by atoms with Crippen LogP contribution in [0.25, 0.3) is 0 Å². The molecular formula is C10H14O4. The summed E-state index contributed by atoms with van der Waals surface area (Å²) in [4.78, 5) is 22.0. The number of rotatable bonds is 2. The minimum atomic E-state index is -1.56. The first-order valence-corrected chi connectivity index (χ1v) is 4.71. The summed E-state index contributed by atoms with van der Waals surface area (Å²) < 4.78 is 0. The zero-order chi connectivity index (χ0) is 10.6. The molecule has 4 heteroatoms. The smallest absolute Gasteiger partial charge is 0.321 e. The fourth-order valence-electron chi connectivity index (χ4n) is 1.73. The Morgan fingerprint density at radius 3 is 2.14 bits per heavy atom. The van der Waals surface area contributed by atoms with Crippen molar-refractivity contribution >= 4 is 11.9 Å². The van der Waals surface area contributed by atoms with Crippen molar-refractivity contribution in [3.8, 4) is 0 Å². The molecular weight excluding hydrogens is 184 g/mol. The summed E-state index contributed by atoms with van der Waals surface area (Å²) >= 11 is 0. The van der Waals surface area contributed by atoms with Crippen LogP contribution < -0.4 is 0 Å². The molecule has 0 heterocycles. The largest absolute Gasteiger partial charge is 0.480 e. The van der Waals surface area contributed by atoms with Crippen LogP contribution in [0, 0.1) is 5.41 Å². The maximum absolute atomic E-state index is 11.0. The van der Waals surface area contributed by atoms with Gasteiger partial charge in [0.05, 0.1) is 0 Å². The molecule has 0 bridgehead atoms. The van der Waals surface area contributed by atoms with Gasteiger partial charge in [-0.3, -0.25) is 9.59 Å². The summed E-state index contributed by atoms with van der Waals surface area (Å²) in [6.45, 7) is 0. The molecule has 0 spiro atoms. The van der Waals surface area contributed by atoms with Crippen molar-refractivity contribution in [3.63, 3.8) is 0 Å². The summed E-state index contributed by atoms with van der Waals surface area (Å²) in [6, 6.07) is 0. The van der Waals surface area contributed by atoms with Crippen LogP contribution in [0.3, 0.4) is 0 Å². The minimum absolute atomic E-state index is 0.189. The van der Waals surface area contributed by atoms with Gasteiger partial charge in [0.15, 0.2) is 5.41 Å². The molecule has 1 aliphatic carbocycles. The Labute approximate surface area is 82.2 Å². The van der Waals surface area contributed by atoms with E-state index >= 15 is 0 Å². The zero-order valence-corrected chi connectivity index (χ0v) is 7.90. The van der Waals surface area contributed by atoms with Gasteiger partial charge in [-0.05, 0) is 32.1 Å². The molecule has 0 fully saturated rings. The van der Waals surface area contributed by atoms with Crippen LogP contribution in [0.4, 0.5) is 0 Å². The van der Waals surface area contributed by atoms with Crippen molar-refractivity contribution in [2.75, 3.05) is 0 Å². The molecule has 1 rings (SSSR count). The average molecular weight is 198 g/mol. The molecule has 4 nitrogen and oxygen atoms in total. The number of aliphatic carboxylic acids is 2. The van der Waals surface area contributed by atoms with Crippen molar-refractivity contribution in [1.29, 1.82) is 0 Å². The third-order valence-electron chi connectivity index (χ3n) is 2.70. The quantitative estimate of drug-likeness (QED) is 0.522. The van der Waals surface area contributed by atoms with Gasteiger partial charge in [0.25, 0.3) is 0 Å². The topological polar surface area (TPSA) is 74.6 Å². The average Bonchev–Trinajstić information content (AvgIpc) is 2.02. The molecule has 78 valence electrons. The van der Waals surface area contributed by atoms with E-state index in [2.05, 4.69) is 0 Å². The fourth-order valence-corrected chi connectivity index (χ4v) is 1.73. The van der Waals surface area contributed by atoms with Crippen molar-refractivity contribution in [2.45, 2.75) is 32.1 Å². The Morgan fingerprint density at radius 1 is 1.00 bits per heavy atom. The van der Waals surface area contributed by atoms with Gasteiger partial charge in [-0.15, -0.1) is 0 Å². The van der Waals surface area contributed by atoms with E-state index in [-0.39, 0.29) is 12.8 Å². The molecule has 0 amide bonds. The highest BCUT2D eigenvalue weighted by Crippen LogP contribution is 2.33. The predicted molar refractivity (Wildman–Crippen MR) is 49.9 cm³/mol. The molecule has 0 radical (unpaired) electrons. The summed E-state index contributed by atoms with van der Waals surface area (Å²) in [5.41, 5.74) is -1.56. The highest BCUT2D eigenvalue weighted by Gasteiger charge is 2.45. The Morgan fingerprint density at radius 2 is 1.57 bits per heavy atom. The highest BCUT2D eigenvalue weighted by atomic mass is 16.4. The second kappa shape index (κ2) is 4.26. The van der Waals surface area contributed by atoms with E-state index in [1.807, 2.05) is 12.2 Å². The summed E-state index contributed by atoms with van der Waals surface area (Å²) in [6.07, 6.45) is 6.17. The van der Waals surface area contributed by atoms with E-state index in [0.29, 0.717) is 12.8 Å². The molecule has 0 atom stereocenters. The maximum Gasteiger partial charge on any atom is 0.321 e. The van der Waals surface area contributed by atoms with Gasteiger partial charge in [0, 0.05) is 0 Å². The minimum Gasteiger partial charge on any atom is -0.480 e. The van der Waals surface area contributed by atoms with Gasteiger partial charge < -0.3 is 10.2 Å². The molecule has 0 aromatic heterocycles. The number of carboxylic acids is 2. The lowest BCUT2D eigenvalue weighted by Crippen LogP contribution is -2.39. The normalized spacial score (nSPS) is 20.9. The molecule has 1 aliphatic rings. The van der Waals surface area contributed by atoms with E-state index in [1.165, 1.54) is 0 Å². The molecule has 0 saturated heterocycles. The number of hydrogen-bond acceptors (Lipinski definition) is 2. The number of carbonyl (C=O) groups is 2. The van der Waals surface area contributed by atoms with Crippen molar-refractivity contribution in [2.24, 2.45) is 5.41 Å². The Bertz CT molecular complexity index is 253. The van der Waals surface area contributed by atoms with Crippen molar-refractivity contribution in [3.05, 3.63) is 12.2 Å². The molecule has 14 heavy (non-hydrogen) atoms. The number of hydrogen-bond donors (Lipinski definition) is 2. The monoisotopic (exact) mass is 198 g/mol. The second-order valence-corrected chi connectivity index (χ2v) is 3.59. The van der Waals surface area contributed by atoms with Gasteiger partial charge in [0.1, 0.15) is 0 Å². The van der Waals surface area contributed by atoms with Gasteiger partial charge in [-0.25, -0.2) is 0 Å². The summed E-state index contributed by atoms with van der Waals surface area (Å²) in [5, 5.41) is 17.9. The lowest BCUT2D eigenvalue weighted by Gasteiger charge is -2.25. The van der Waals surface area contributed by atoms with Crippen LogP contribution in [-0.2, 0) is 9.59 Å². The maximum atomic E-state index is 11.0. The third kappa shape index (κ3) is 1.95. The Hall–Kier alpha value is -1.32. The van der Waals surface area contributed by atoms with Gasteiger partial charge >= 0.3 is 11.9 Å². The number of carboxylic acid groups (broad SMARTS) is 2. The predicted octanol–water partition coefficient (Wildman–Crippen LogP) is 1.66. The van der Waals surface area contributed by atoms with E-state index in [1.54, 1.807) is 0 Å². The van der Waals surface area contributed by atoms with Gasteiger partial charge in [0.2, 0.25) is 0 Å². The Kier molecular flexibility index (Phi) is 3.28. The van der Waals surface area contributed by atoms with Gasteiger partial charge in [-0.1, -0.05) is 12.2 Å². The second-order valence-electron chi connectivity index (χ2n) is 3.59. The van der Waals surface area contributed by atoms with Crippen molar-refractivity contribution in [1.82, 2.24) is 0 Å². The van der Waals surface area contributed by atoms with Gasteiger partial charge in [-0.2, -0.15) is 0 Å². The first-order valence-electron chi connectivity index (χ1n) is 4.71. The Balaban J connectivity index is 2.89. The van der Waals surface area contributed by atoms with Crippen LogP contribution in [0.2, 0.25) is 0 Å². The lowest BCUT2D eigenvalue weighted by molar-refractivity contribution is -0.166. The van der Waals surface area contributed by atoms with Crippen LogP contribution in [0.15, 0.2) is 12.2 Å². The standard InChI is InChI=1S/C10H14O4/c11-8(12)10(9(13)14)6-4-2-1-3-5-7-10/h1-2H,3-7H2,(H,11,12)(H,13,14). The lowest BCUT2D eigenvalue weighted by atomic mass is 9.77. The fraction of sp³-hybridized carbons (Fsp3) is 0.600. The molecule has 0 aromatic rings. The third-order valence-corrected chi connectivity index (χ3v) is 2.70. The molecule has 2 N–H and O–H groups in total. The van der Waals surface area contributed by atoms with Crippen molar-refractivity contribution < 1.29 is 19.8 Å². The van der Waals surface area contributed by atoms with Crippen LogP contribution in [0.1, 0.15) is 32.1 Å². The molecule has 0 aliphatic heterocycles.